The second kappa shape index (κ2) is 10.2. The Bertz CT molecular complexity index is 1320. The highest BCUT2D eigenvalue weighted by Crippen LogP contribution is 2.35. The zero-order valence-electron chi connectivity index (χ0n) is 18.7. The number of benzene rings is 5. The van der Waals surface area contributed by atoms with Crippen LogP contribution in [0.25, 0.3) is 11.6 Å². The molecule has 5 aromatic rings. The minimum absolute atomic E-state index is 0.728. The van der Waals surface area contributed by atoms with Crippen molar-refractivity contribution in [2.45, 2.75) is 0 Å². The van der Waals surface area contributed by atoms with Gasteiger partial charge in [0.2, 0.25) is 0 Å². The van der Waals surface area contributed by atoms with Gasteiger partial charge in [-0.25, -0.2) is 0 Å². The molecule has 0 fully saturated rings. The van der Waals surface area contributed by atoms with E-state index in [2.05, 4.69) is 120 Å². The van der Waals surface area contributed by atoms with Crippen LogP contribution in [0.3, 0.4) is 0 Å². The number of nitrogens with zero attached hydrogens (tertiary/aromatic N) is 1. The van der Waals surface area contributed by atoms with Crippen LogP contribution in [0.5, 0.6) is 0 Å². The highest BCUT2D eigenvalue weighted by molar-refractivity contribution is 6.30. The summed E-state index contributed by atoms with van der Waals surface area (Å²) >= 11 is 6.15. The molecule has 0 radical (unpaired) electrons. The van der Waals surface area contributed by atoms with Crippen molar-refractivity contribution in [2.75, 3.05) is 4.90 Å². The van der Waals surface area contributed by atoms with Crippen molar-refractivity contribution < 1.29 is 0 Å². The van der Waals surface area contributed by atoms with Crippen molar-refractivity contribution >= 4 is 40.3 Å². The Kier molecular flexibility index (Phi) is 6.56. The first kappa shape index (κ1) is 21.8. The summed E-state index contributed by atoms with van der Waals surface area (Å²) in [4.78, 5) is 2.24. The van der Waals surface area contributed by atoms with Gasteiger partial charge in [-0.05, 0) is 76.9 Å². The van der Waals surface area contributed by atoms with Crippen molar-refractivity contribution in [3.8, 4) is 0 Å². The zero-order chi connectivity index (χ0) is 23.2. The Morgan fingerprint density at radius 2 is 0.882 bits per heavy atom. The summed E-state index contributed by atoms with van der Waals surface area (Å²) in [5.74, 6) is 0. The van der Waals surface area contributed by atoms with Crippen LogP contribution in [0.15, 0.2) is 140 Å². The first-order chi connectivity index (χ1) is 16.8. The van der Waals surface area contributed by atoms with Gasteiger partial charge in [-0.3, -0.25) is 0 Å². The summed E-state index contributed by atoms with van der Waals surface area (Å²) in [5.41, 5.74) is 8.00. The largest absolute Gasteiger partial charge is 0.311 e. The maximum Gasteiger partial charge on any atom is 0.0462 e. The minimum atomic E-state index is 0.728. The second-order valence-corrected chi connectivity index (χ2v) is 8.47. The van der Waals surface area contributed by atoms with Gasteiger partial charge < -0.3 is 4.90 Å². The number of rotatable bonds is 6. The number of hydrogen-bond acceptors (Lipinski definition) is 1. The molecule has 2 heteroatoms. The van der Waals surface area contributed by atoms with Crippen molar-refractivity contribution in [3.05, 3.63) is 161 Å². The molecule has 0 aliphatic heterocycles. The number of para-hydroxylation sites is 1. The molecule has 0 spiro atoms. The van der Waals surface area contributed by atoms with Crippen molar-refractivity contribution in [2.24, 2.45) is 0 Å². The van der Waals surface area contributed by atoms with E-state index in [1.54, 1.807) is 0 Å². The third-order valence-electron chi connectivity index (χ3n) is 5.73. The van der Waals surface area contributed by atoms with Gasteiger partial charge in [-0.2, -0.15) is 0 Å². The number of hydrogen-bond donors (Lipinski definition) is 0. The molecule has 0 aromatic heterocycles. The lowest BCUT2D eigenvalue weighted by Gasteiger charge is -2.25. The van der Waals surface area contributed by atoms with Gasteiger partial charge in [0.25, 0.3) is 0 Å². The molecule has 5 aromatic carbocycles. The molecular formula is C32H24ClN. The third-order valence-corrected chi connectivity index (χ3v) is 5.98. The summed E-state index contributed by atoms with van der Waals surface area (Å²) in [7, 11) is 0. The quantitative estimate of drug-likeness (QED) is 0.229. The first-order valence-electron chi connectivity index (χ1n) is 11.3. The van der Waals surface area contributed by atoms with Gasteiger partial charge in [0.15, 0.2) is 0 Å². The molecule has 0 aliphatic rings. The molecule has 0 unspecified atom stereocenters. The van der Waals surface area contributed by atoms with Gasteiger partial charge in [-0.15, -0.1) is 0 Å². The SMILES string of the molecule is Clc1ccc(N(c2ccccc2)c2ccc(C=C(c3ccccc3)c3ccccc3)cc2)cc1. The van der Waals surface area contributed by atoms with E-state index in [0.717, 1.165) is 27.6 Å². The minimum Gasteiger partial charge on any atom is -0.311 e. The normalized spacial score (nSPS) is 10.5. The summed E-state index contributed by atoms with van der Waals surface area (Å²) < 4.78 is 0. The molecule has 5 rings (SSSR count). The Morgan fingerprint density at radius 3 is 1.38 bits per heavy atom. The molecule has 0 bridgehead atoms. The van der Waals surface area contributed by atoms with E-state index in [1.807, 2.05) is 30.3 Å². The van der Waals surface area contributed by atoms with Crippen LogP contribution in [-0.4, -0.2) is 0 Å². The van der Waals surface area contributed by atoms with Crippen LogP contribution < -0.4 is 4.90 Å². The average Bonchev–Trinajstić information content (AvgIpc) is 2.91. The van der Waals surface area contributed by atoms with Crippen molar-refractivity contribution in [3.63, 3.8) is 0 Å². The fraction of sp³-hybridized carbons (Fsp3) is 0. The molecule has 0 saturated carbocycles. The highest BCUT2D eigenvalue weighted by Gasteiger charge is 2.12. The first-order valence-corrected chi connectivity index (χ1v) is 11.7. The van der Waals surface area contributed by atoms with Crippen LogP contribution >= 0.6 is 11.6 Å². The standard InChI is InChI=1S/C32H24ClN/c33-28-18-22-31(23-19-28)34(29-14-8-3-9-15-29)30-20-16-25(17-21-30)24-32(26-10-4-1-5-11-26)27-12-6-2-7-13-27/h1-24H. The topological polar surface area (TPSA) is 3.24 Å². The van der Waals surface area contributed by atoms with Gasteiger partial charge in [0.05, 0.1) is 0 Å². The Hall–Kier alpha value is -4.07. The van der Waals surface area contributed by atoms with E-state index in [0.29, 0.717) is 0 Å². The summed E-state index contributed by atoms with van der Waals surface area (Å²) in [6.07, 6.45) is 2.25. The lowest BCUT2D eigenvalue weighted by atomic mass is 9.95. The Labute approximate surface area is 206 Å². The monoisotopic (exact) mass is 457 g/mol. The van der Waals surface area contributed by atoms with Gasteiger partial charge >= 0.3 is 0 Å². The molecule has 1 nitrogen and oxygen atoms in total. The van der Waals surface area contributed by atoms with E-state index in [9.17, 15) is 0 Å². The Balaban J connectivity index is 1.54. The summed E-state index contributed by atoms with van der Waals surface area (Å²) in [6.45, 7) is 0. The highest BCUT2D eigenvalue weighted by atomic mass is 35.5. The maximum absolute atomic E-state index is 6.15. The number of halogens is 1. The zero-order valence-corrected chi connectivity index (χ0v) is 19.4. The average molecular weight is 458 g/mol. The van der Waals surface area contributed by atoms with Crippen LogP contribution in [0.2, 0.25) is 5.02 Å². The third kappa shape index (κ3) is 4.96. The molecule has 0 heterocycles. The van der Waals surface area contributed by atoms with Gasteiger partial charge in [0.1, 0.15) is 0 Å². The van der Waals surface area contributed by atoms with E-state index >= 15 is 0 Å². The summed E-state index contributed by atoms with van der Waals surface area (Å²) in [5, 5.41) is 0.728. The molecule has 0 atom stereocenters. The van der Waals surface area contributed by atoms with Crippen molar-refractivity contribution in [1.82, 2.24) is 0 Å². The molecule has 0 amide bonds. The van der Waals surface area contributed by atoms with Gasteiger partial charge in [0, 0.05) is 22.1 Å². The fourth-order valence-electron chi connectivity index (χ4n) is 4.07. The lowest BCUT2D eigenvalue weighted by Crippen LogP contribution is -2.09. The molecule has 34 heavy (non-hydrogen) atoms. The molecule has 0 aliphatic carbocycles. The van der Waals surface area contributed by atoms with E-state index in [1.165, 1.54) is 16.7 Å². The molecular weight excluding hydrogens is 434 g/mol. The smallest absolute Gasteiger partial charge is 0.0462 e. The van der Waals surface area contributed by atoms with E-state index in [-0.39, 0.29) is 0 Å². The summed E-state index contributed by atoms with van der Waals surface area (Å²) in [6, 6.07) is 48.1. The van der Waals surface area contributed by atoms with Crippen LogP contribution in [0.4, 0.5) is 17.1 Å². The predicted molar refractivity (Wildman–Crippen MR) is 146 cm³/mol. The predicted octanol–water partition coefficient (Wildman–Crippen LogP) is 9.40. The Morgan fingerprint density at radius 1 is 0.471 bits per heavy atom. The van der Waals surface area contributed by atoms with E-state index in [4.69, 9.17) is 11.6 Å². The second-order valence-electron chi connectivity index (χ2n) is 8.03. The van der Waals surface area contributed by atoms with E-state index < -0.39 is 0 Å². The molecule has 0 saturated heterocycles. The van der Waals surface area contributed by atoms with Crippen molar-refractivity contribution in [1.29, 1.82) is 0 Å². The van der Waals surface area contributed by atoms with Crippen LogP contribution in [-0.2, 0) is 0 Å². The van der Waals surface area contributed by atoms with Crippen LogP contribution in [0, 0.1) is 0 Å². The molecule has 0 N–H and O–H groups in total. The fourth-order valence-corrected chi connectivity index (χ4v) is 4.20. The van der Waals surface area contributed by atoms with Gasteiger partial charge in [-0.1, -0.05) is 103 Å². The molecule has 164 valence electrons. The lowest BCUT2D eigenvalue weighted by molar-refractivity contribution is 1.28. The maximum atomic E-state index is 6.15. The van der Waals surface area contributed by atoms with Crippen LogP contribution in [0.1, 0.15) is 16.7 Å². The number of anilines is 3.